The third-order valence-electron chi connectivity index (χ3n) is 4.08. The standard InChI is InChI=1S/C13H20N4O2/c1-15-4-3-12-11(8-15)17(5-6-19-12)13(18)10-7-14-9-16(10)2/h7,9,11-12H,3-6,8H2,1-2H3/t11-,12-/m1/s1. The van der Waals surface area contributed by atoms with Crippen LogP contribution in [0.2, 0.25) is 0 Å². The molecule has 2 fully saturated rings. The van der Waals surface area contributed by atoms with Gasteiger partial charge < -0.3 is 19.1 Å². The van der Waals surface area contributed by atoms with Gasteiger partial charge in [-0.2, -0.15) is 0 Å². The van der Waals surface area contributed by atoms with E-state index in [1.165, 1.54) is 0 Å². The molecule has 3 heterocycles. The quantitative estimate of drug-likeness (QED) is 0.714. The van der Waals surface area contributed by atoms with Gasteiger partial charge in [-0.1, -0.05) is 0 Å². The van der Waals surface area contributed by atoms with Crippen molar-refractivity contribution in [1.82, 2.24) is 19.4 Å². The van der Waals surface area contributed by atoms with Crippen molar-refractivity contribution in [2.24, 2.45) is 7.05 Å². The van der Waals surface area contributed by atoms with E-state index in [0.29, 0.717) is 18.8 Å². The average molecular weight is 264 g/mol. The zero-order valence-electron chi connectivity index (χ0n) is 11.5. The van der Waals surface area contributed by atoms with Gasteiger partial charge in [-0.3, -0.25) is 4.79 Å². The molecule has 2 saturated heterocycles. The molecule has 6 nitrogen and oxygen atoms in total. The molecule has 1 amide bonds. The van der Waals surface area contributed by atoms with E-state index in [-0.39, 0.29) is 18.1 Å². The molecule has 1 aromatic heterocycles. The predicted molar refractivity (Wildman–Crippen MR) is 69.9 cm³/mol. The van der Waals surface area contributed by atoms with E-state index >= 15 is 0 Å². The van der Waals surface area contributed by atoms with Gasteiger partial charge in [0, 0.05) is 26.7 Å². The number of fused-ring (bicyclic) bond motifs is 1. The van der Waals surface area contributed by atoms with Gasteiger partial charge in [0.25, 0.3) is 5.91 Å². The summed E-state index contributed by atoms with van der Waals surface area (Å²) in [5.41, 5.74) is 0.647. The Morgan fingerprint density at radius 1 is 1.42 bits per heavy atom. The molecule has 0 aliphatic carbocycles. The monoisotopic (exact) mass is 264 g/mol. The molecule has 0 saturated carbocycles. The minimum absolute atomic E-state index is 0.0635. The van der Waals surface area contributed by atoms with Crippen LogP contribution in [0.15, 0.2) is 12.5 Å². The Hall–Kier alpha value is -1.40. The number of nitrogens with zero attached hydrogens (tertiary/aromatic N) is 4. The summed E-state index contributed by atoms with van der Waals surface area (Å²) < 4.78 is 7.59. The van der Waals surface area contributed by atoms with Gasteiger partial charge in [0.05, 0.1) is 31.3 Å². The SMILES string of the molecule is CN1CC[C@H]2OCCN(C(=O)c3cncn3C)[C@@H]2C1. The molecule has 2 atom stereocenters. The van der Waals surface area contributed by atoms with Crippen LogP contribution in [0.4, 0.5) is 0 Å². The first-order valence-electron chi connectivity index (χ1n) is 6.74. The number of likely N-dealkylation sites (tertiary alicyclic amines) is 1. The van der Waals surface area contributed by atoms with Gasteiger partial charge in [0.1, 0.15) is 5.69 Å². The van der Waals surface area contributed by atoms with Crippen molar-refractivity contribution in [2.75, 3.05) is 33.3 Å². The highest BCUT2D eigenvalue weighted by atomic mass is 16.5. The summed E-state index contributed by atoms with van der Waals surface area (Å²) in [6.07, 6.45) is 4.48. The molecular formula is C13H20N4O2. The van der Waals surface area contributed by atoms with Crippen molar-refractivity contribution < 1.29 is 9.53 Å². The lowest BCUT2D eigenvalue weighted by Gasteiger charge is -2.46. The van der Waals surface area contributed by atoms with E-state index in [2.05, 4.69) is 16.9 Å². The number of piperidine rings is 1. The average Bonchev–Trinajstić information content (AvgIpc) is 2.83. The van der Waals surface area contributed by atoms with E-state index in [4.69, 9.17) is 4.74 Å². The molecule has 0 bridgehead atoms. The van der Waals surface area contributed by atoms with Crippen LogP contribution in [-0.4, -0.2) is 70.7 Å². The third kappa shape index (κ3) is 2.26. The molecule has 1 aromatic rings. The number of amides is 1. The van der Waals surface area contributed by atoms with Crippen molar-refractivity contribution >= 4 is 5.91 Å². The Kier molecular flexibility index (Phi) is 3.28. The maximum Gasteiger partial charge on any atom is 0.272 e. The molecule has 0 spiro atoms. The Bertz CT molecular complexity index is 473. The summed E-state index contributed by atoms with van der Waals surface area (Å²) in [6.45, 7) is 3.22. The number of imidazole rings is 1. The molecular weight excluding hydrogens is 244 g/mol. The molecule has 0 N–H and O–H groups in total. The summed E-state index contributed by atoms with van der Waals surface area (Å²) in [5, 5.41) is 0. The van der Waals surface area contributed by atoms with Crippen molar-refractivity contribution in [3.8, 4) is 0 Å². The fraction of sp³-hybridized carbons (Fsp3) is 0.692. The van der Waals surface area contributed by atoms with Crippen molar-refractivity contribution in [3.63, 3.8) is 0 Å². The van der Waals surface area contributed by atoms with E-state index < -0.39 is 0 Å². The molecule has 0 radical (unpaired) electrons. The summed E-state index contributed by atoms with van der Waals surface area (Å²) in [6, 6.07) is 0.162. The van der Waals surface area contributed by atoms with Crippen LogP contribution < -0.4 is 0 Å². The van der Waals surface area contributed by atoms with Crippen molar-refractivity contribution in [3.05, 3.63) is 18.2 Å². The first kappa shape index (κ1) is 12.6. The molecule has 0 unspecified atom stereocenters. The number of carbonyl (C=O) groups excluding carboxylic acids is 1. The normalized spacial score (nSPS) is 28.2. The first-order chi connectivity index (χ1) is 9.16. The maximum absolute atomic E-state index is 12.6. The highest BCUT2D eigenvalue weighted by Gasteiger charge is 2.39. The third-order valence-corrected chi connectivity index (χ3v) is 4.08. The van der Waals surface area contributed by atoms with Crippen LogP contribution in [-0.2, 0) is 11.8 Å². The molecule has 2 aliphatic heterocycles. The fourth-order valence-electron chi connectivity index (χ4n) is 2.99. The minimum atomic E-state index is 0.0635. The number of likely N-dealkylation sites (N-methyl/N-ethyl adjacent to an activating group) is 1. The smallest absolute Gasteiger partial charge is 0.272 e. The number of aromatic nitrogens is 2. The number of carbonyl (C=O) groups is 1. The number of morpholine rings is 1. The number of rotatable bonds is 1. The Morgan fingerprint density at radius 2 is 2.26 bits per heavy atom. The van der Waals surface area contributed by atoms with Crippen LogP contribution in [0.3, 0.4) is 0 Å². The second-order valence-corrected chi connectivity index (χ2v) is 5.42. The summed E-state index contributed by atoms with van der Waals surface area (Å²) in [7, 11) is 3.95. The zero-order chi connectivity index (χ0) is 13.4. The number of aryl methyl sites for hydroxylation is 1. The van der Waals surface area contributed by atoms with Gasteiger partial charge in [-0.05, 0) is 13.5 Å². The summed E-state index contributed by atoms with van der Waals surface area (Å²) in [5.74, 6) is 0.0635. The van der Waals surface area contributed by atoms with Gasteiger partial charge in [0.2, 0.25) is 0 Å². The highest BCUT2D eigenvalue weighted by molar-refractivity contribution is 5.92. The van der Waals surface area contributed by atoms with E-state index in [0.717, 1.165) is 19.5 Å². The van der Waals surface area contributed by atoms with Crippen LogP contribution in [0.5, 0.6) is 0 Å². The highest BCUT2D eigenvalue weighted by Crippen LogP contribution is 2.23. The Balaban J connectivity index is 1.82. The Morgan fingerprint density at radius 3 is 3.00 bits per heavy atom. The molecule has 0 aromatic carbocycles. The minimum Gasteiger partial charge on any atom is -0.374 e. The lowest BCUT2D eigenvalue weighted by molar-refractivity contribution is -0.0871. The molecule has 2 aliphatic rings. The number of hydrogen-bond acceptors (Lipinski definition) is 4. The van der Waals surface area contributed by atoms with Crippen LogP contribution in [0.25, 0.3) is 0 Å². The van der Waals surface area contributed by atoms with E-state index in [9.17, 15) is 4.79 Å². The summed E-state index contributed by atoms with van der Waals surface area (Å²) >= 11 is 0. The molecule has 6 heteroatoms. The van der Waals surface area contributed by atoms with E-state index in [1.807, 2.05) is 11.9 Å². The topological polar surface area (TPSA) is 50.6 Å². The van der Waals surface area contributed by atoms with Crippen LogP contribution >= 0.6 is 0 Å². The first-order valence-corrected chi connectivity index (χ1v) is 6.74. The molecule has 3 rings (SSSR count). The van der Waals surface area contributed by atoms with Gasteiger partial charge in [-0.15, -0.1) is 0 Å². The number of hydrogen-bond donors (Lipinski definition) is 0. The lowest BCUT2D eigenvalue weighted by atomic mass is 9.99. The zero-order valence-corrected chi connectivity index (χ0v) is 11.5. The van der Waals surface area contributed by atoms with Gasteiger partial charge >= 0.3 is 0 Å². The summed E-state index contributed by atoms with van der Waals surface area (Å²) in [4.78, 5) is 20.9. The predicted octanol–water partition coefficient (Wildman–Crippen LogP) is -0.0348. The maximum atomic E-state index is 12.6. The fourth-order valence-corrected chi connectivity index (χ4v) is 2.99. The Labute approximate surface area is 113 Å². The number of ether oxygens (including phenoxy) is 1. The van der Waals surface area contributed by atoms with Crippen LogP contribution in [0.1, 0.15) is 16.9 Å². The van der Waals surface area contributed by atoms with E-state index in [1.54, 1.807) is 17.1 Å². The van der Waals surface area contributed by atoms with Crippen LogP contribution in [0, 0.1) is 0 Å². The molecule has 104 valence electrons. The molecule has 19 heavy (non-hydrogen) atoms. The van der Waals surface area contributed by atoms with Gasteiger partial charge in [-0.25, -0.2) is 4.98 Å². The largest absolute Gasteiger partial charge is 0.374 e. The van der Waals surface area contributed by atoms with Crippen molar-refractivity contribution in [1.29, 1.82) is 0 Å². The second-order valence-electron chi connectivity index (χ2n) is 5.42. The second kappa shape index (κ2) is 4.94. The van der Waals surface area contributed by atoms with Gasteiger partial charge in [0.15, 0.2) is 0 Å². The van der Waals surface area contributed by atoms with Crippen molar-refractivity contribution in [2.45, 2.75) is 18.6 Å². The lowest BCUT2D eigenvalue weighted by Crippen LogP contribution is -2.60.